The molecule has 0 bridgehead atoms. The summed E-state index contributed by atoms with van der Waals surface area (Å²) in [6.45, 7) is 2.78. The maximum atomic E-state index is 9.55. The third kappa shape index (κ3) is 2.15. The van der Waals surface area contributed by atoms with Gasteiger partial charge in [0.05, 0.1) is 17.1 Å². The number of para-hydroxylation sites is 2. The summed E-state index contributed by atoms with van der Waals surface area (Å²) in [5, 5.41) is 12.8. The number of nitrogens with two attached hydrogens (primary N) is 1. The van der Waals surface area contributed by atoms with Crippen molar-refractivity contribution in [1.29, 1.82) is 5.26 Å². The predicted molar refractivity (Wildman–Crippen MR) is 82.1 cm³/mol. The van der Waals surface area contributed by atoms with Crippen LogP contribution in [0, 0.1) is 11.3 Å². The minimum absolute atomic E-state index is 0.152. The molecule has 0 atom stereocenters. The summed E-state index contributed by atoms with van der Waals surface area (Å²) in [4.78, 5) is 10.1. The minimum Gasteiger partial charge on any atom is -0.368 e. The SMILES string of the molecule is CCN1/C(=C(\C#N)c2ccnc(N)n2)Nc2ccccc21. The molecule has 3 N–H and O–H groups in total. The summed E-state index contributed by atoms with van der Waals surface area (Å²) < 4.78 is 0. The zero-order valence-corrected chi connectivity index (χ0v) is 11.5. The first kappa shape index (κ1) is 12.9. The van der Waals surface area contributed by atoms with Crippen LogP contribution in [0.1, 0.15) is 12.6 Å². The molecule has 0 aliphatic carbocycles. The zero-order chi connectivity index (χ0) is 14.8. The van der Waals surface area contributed by atoms with Crippen LogP contribution in [-0.2, 0) is 0 Å². The highest BCUT2D eigenvalue weighted by atomic mass is 15.3. The Kier molecular flexibility index (Phi) is 3.16. The Morgan fingerprint density at radius 2 is 2.19 bits per heavy atom. The molecule has 6 heteroatoms. The van der Waals surface area contributed by atoms with Gasteiger partial charge in [-0.25, -0.2) is 9.97 Å². The van der Waals surface area contributed by atoms with Crippen LogP contribution in [0.2, 0.25) is 0 Å². The maximum absolute atomic E-state index is 9.55. The van der Waals surface area contributed by atoms with Crippen LogP contribution in [0.15, 0.2) is 42.3 Å². The van der Waals surface area contributed by atoms with Gasteiger partial charge in [0, 0.05) is 12.7 Å². The third-order valence-corrected chi connectivity index (χ3v) is 3.31. The highest BCUT2D eigenvalue weighted by Gasteiger charge is 2.26. The van der Waals surface area contributed by atoms with Gasteiger partial charge in [0.25, 0.3) is 0 Å². The summed E-state index contributed by atoms with van der Waals surface area (Å²) in [5.41, 5.74) is 8.59. The van der Waals surface area contributed by atoms with Crippen LogP contribution in [0.25, 0.3) is 5.57 Å². The van der Waals surface area contributed by atoms with E-state index in [0.717, 1.165) is 23.7 Å². The van der Waals surface area contributed by atoms with Crippen LogP contribution in [0.3, 0.4) is 0 Å². The van der Waals surface area contributed by atoms with E-state index in [4.69, 9.17) is 5.73 Å². The first-order valence-corrected chi connectivity index (χ1v) is 6.61. The molecule has 0 radical (unpaired) electrons. The van der Waals surface area contributed by atoms with Gasteiger partial charge in [-0.3, -0.25) is 0 Å². The Morgan fingerprint density at radius 3 is 2.90 bits per heavy atom. The van der Waals surface area contributed by atoms with Gasteiger partial charge in [-0.1, -0.05) is 12.1 Å². The molecule has 0 saturated heterocycles. The van der Waals surface area contributed by atoms with E-state index in [1.54, 1.807) is 12.3 Å². The quantitative estimate of drug-likeness (QED) is 0.818. The average Bonchev–Trinajstić information content (AvgIpc) is 2.86. The van der Waals surface area contributed by atoms with Gasteiger partial charge in [-0.2, -0.15) is 5.26 Å². The molecule has 6 nitrogen and oxygen atoms in total. The van der Waals surface area contributed by atoms with E-state index < -0.39 is 0 Å². The van der Waals surface area contributed by atoms with Gasteiger partial charge in [0.2, 0.25) is 5.95 Å². The largest absolute Gasteiger partial charge is 0.368 e. The van der Waals surface area contributed by atoms with Gasteiger partial charge in [0.15, 0.2) is 0 Å². The fraction of sp³-hybridized carbons (Fsp3) is 0.133. The Balaban J connectivity index is 2.15. The maximum Gasteiger partial charge on any atom is 0.220 e. The highest BCUT2D eigenvalue weighted by molar-refractivity contribution is 5.90. The van der Waals surface area contributed by atoms with Crippen molar-refractivity contribution in [2.24, 2.45) is 0 Å². The van der Waals surface area contributed by atoms with E-state index >= 15 is 0 Å². The fourth-order valence-electron chi connectivity index (χ4n) is 2.40. The number of anilines is 3. The van der Waals surface area contributed by atoms with Crippen molar-refractivity contribution in [2.45, 2.75) is 6.92 Å². The summed E-state index contributed by atoms with van der Waals surface area (Å²) in [6.07, 6.45) is 1.55. The summed E-state index contributed by atoms with van der Waals surface area (Å²) in [6, 6.07) is 11.8. The number of fused-ring (bicyclic) bond motifs is 1. The van der Waals surface area contributed by atoms with Gasteiger partial charge in [-0.05, 0) is 25.1 Å². The molecule has 2 aromatic rings. The molecule has 0 amide bonds. The van der Waals surface area contributed by atoms with Gasteiger partial charge in [-0.15, -0.1) is 0 Å². The van der Waals surface area contributed by atoms with E-state index in [-0.39, 0.29) is 5.95 Å². The number of aromatic nitrogens is 2. The van der Waals surface area contributed by atoms with Crippen molar-refractivity contribution >= 4 is 22.9 Å². The molecule has 0 spiro atoms. The van der Waals surface area contributed by atoms with Crippen molar-refractivity contribution in [3.63, 3.8) is 0 Å². The molecule has 1 aromatic carbocycles. The highest BCUT2D eigenvalue weighted by Crippen LogP contribution is 2.38. The molecule has 1 aliphatic heterocycles. The molecule has 21 heavy (non-hydrogen) atoms. The van der Waals surface area contributed by atoms with E-state index in [1.807, 2.05) is 36.1 Å². The molecule has 1 aliphatic rings. The lowest BCUT2D eigenvalue weighted by Gasteiger charge is -2.18. The first-order valence-electron chi connectivity index (χ1n) is 6.61. The van der Waals surface area contributed by atoms with Crippen molar-refractivity contribution in [1.82, 2.24) is 9.97 Å². The molecule has 1 aromatic heterocycles. The van der Waals surface area contributed by atoms with Crippen LogP contribution in [-0.4, -0.2) is 16.5 Å². The van der Waals surface area contributed by atoms with Crippen molar-refractivity contribution in [2.75, 3.05) is 22.5 Å². The minimum atomic E-state index is 0.152. The molecular formula is C15H14N6. The van der Waals surface area contributed by atoms with Crippen LogP contribution < -0.4 is 16.0 Å². The molecule has 0 saturated carbocycles. The lowest BCUT2D eigenvalue weighted by atomic mass is 10.2. The van der Waals surface area contributed by atoms with E-state index in [0.29, 0.717) is 11.3 Å². The summed E-state index contributed by atoms with van der Waals surface area (Å²) >= 11 is 0. The second-order valence-electron chi connectivity index (χ2n) is 4.52. The Morgan fingerprint density at radius 1 is 1.38 bits per heavy atom. The lowest BCUT2D eigenvalue weighted by molar-refractivity contribution is 0.991. The van der Waals surface area contributed by atoms with Gasteiger partial charge >= 0.3 is 0 Å². The molecule has 104 valence electrons. The summed E-state index contributed by atoms with van der Waals surface area (Å²) in [5.74, 6) is 0.874. The number of nitrogens with zero attached hydrogens (tertiary/aromatic N) is 4. The van der Waals surface area contributed by atoms with Gasteiger partial charge in [0.1, 0.15) is 17.5 Å². The normalized spacial score (nSPS) is 15.1. The van der Waals surface area contributed by atoms with Crippen molar-refractivity contribution in [3.05, 3.63) is 48.0 Å². The first-order chi connectivity index (χ1) is 10.2. The number of nitriles is 1. The number of nitrogens with one attached hydrogen (secondary N) is 1. The fourth-order valence-corrected chi connectivity index (χ4v) is 2.40. The van der Waals surface area contributed by atoms with Crippen LogP contribution >= 0.6 is 0 Å². The number of hydrogen-bond donors (Lipinski definition) is 2. The summed E-state index contributed by atoms with van der Waals surface area (Å²) in [7, 11) is 0. The Hall–Kier alpha value is -3.07. The molecule has 0 unspecified atom stereocenters. The number of rotatable bonds is 2. The third-order valence-electron chi connectivity index (χ3n) is 3.31. The zero-order valence-electron chi connectivity index (χ0n) is 11.5. The van der Waals surface area contributed by atoms with Crippen LogP contribution in [0.4, 0.5) is 17.3 Å². The molecule has 0 fully saturated rings. The monoisotopic (exact) mass is 278 g/mol. The molecule has 2 heterocycles. The van der Waals surface area contributed by atoms with E-state index in [1.165, 1.54) is 0 Å². The van der Waals surface area contributed by atoms with Gasteiger partial charge < -0.3 is 16.0 Å². The number of hydrogen-bond acceptors (Lipinski definition) is 6. The predicted octanol–water partition coefficient (Wildman–Crippen LogP) is 2.20. The number of nitrogen functional groups attached to an aromatic ring is 1. The number of allylic oxidation sites excluding steroid dienone is 1. The number of benzene rings is 1. The Bertz CT molecular complexity index is 759. The average molecular weight is 278 g/mol. The molecular weight excluding hydrogens is 264 g/mol. The second-order valence-corrected chi connectivity index (χ2v) is 4.52. The lowest BCUT2D eigenvalue weighted by Crippen LogP contribution is -2.21. The Labute approximate surface area is 122 Å². The van der Waals surface area contributed by atoms with E-state index in [9.17, 15) is 5.26 Å². The topological polar surface area (TPSA) is 90.9 Å². The van der Waals surface area contributed by atoms with Crippen molar-refractivity contribution in [3.8, 4) is 6.07 Å². The molecule has 3 rings (SSSR count). The second kappa shape index (κ2) is 5.13. The standard InChI is InChI=1S/C15H14N6/c1-2-21-13-6-4-3-5-12(13)19-14(21)10(9-16)11-7-8-18-15(17)20-11/h3-8,19H,2H2,1H3,(H2,17,18,20)/b14-10+. The smallest absolute Gasteiger partial charge is 0.220 e. The van der Waals surface area contributed by atoms with Crippen molar-refractivity contribution < 1.29 is 0 Å². The van der Waals surface area contributed by atoms with Crippen LogP contribution in [0.5, 0.6) is 0 Å². The van der Waals surface area contributed by atoms with E-state index in [2.05, 4.69) is 21.4 Å².